The predicted molar refractivity (Wildman–Crippen MR) is 219 cm³/mol. The number of aromatic amines is 1. The average molecular weight is 806 g/mol. The lowest BCUT2D eigenvalue weighted by molar-refractivity contribution is -0.136. The van der Waals surface area contributed by atoms with E-state index in [1.54, 1.807) is 18.5 Å². The molecule has 3 saturated heterocycles. The summed E-state index contributed by atoms with van der Waals surface area (Å²) in [6.07, 6.45) is 10.8. The highest BCUT2D eigenvalue weighted by Crippen LogP contribution is 2.41. The minimum atomic E-state index is -0.762. The number of carbonyl (C=O) groups is 3. The van der Waals surface area contributed by atoms with Crippen molar-refractivity contribution >= 4 is 40.1 Å². The lowest BCUT2D eigenvalue weighted by Gasteiger charge is -2.39. The molecule has 59 heavy (non-hydrogen) atoms. The summed E-state index contributed by atoms with van der Waals surface area (Å²) < 4.78 is 28.8. The Balaban J connectivity index is 0.667. The number of hydrogen-bond donors (Lipinski definition) is 2. The van der Waals surface area contributed by atoms with Gasteiger partial charge in [-0.3, -0.25) is 29.7 Å². The van der Waals surface area contributed by atoms with Crippen LogP contribution in [0.3, 0.4) is 0 Å². The predicted octanol–water partition coefficient (Wildman–Crippen LogP) is 5.22. The fraction of sp³-hybridized carbons (Fsp3) is 0.545. The molecule has 2 N–H and O–H groups in total. The lowest BCUT2D eigenvalue weighted by Crippen LogP contribution is -2.52. The third-order valence-corrected chi connectivity index (χ3v) is 13.6. The summed E-state index contributed by atoms with van der Waals surface area (Å²) >= 11 is 0. The highest BCUT2D eigenvalue weighted by Gasteiger charge is 2.42. The number of H-pyrrole nitrogens is 1. The van der Waals surface area contributed by atoms with Crippen LogP contribution in [0.1, 0.15) is 87.1 Å². The van der Waals surface area contributed by atoms with E-state index in [1.165, 1.54) is 4.90 Å². The van der Waals surface area contributed by atoms with Crippen LogP contribution in [0.5, 0.6) is 5.75 Å². The van der Waals surface area contributed by atoms with Gasteiger partial charge >= 0.3 is 0 Å². The molecule has 1 atom stereocenters. The molecule has 14 nitrogen and oxygen atoms in total. The maximum Gasteiger partial charge on any atom is 0.255 e. The number of imide groups is 1. The third kappa shape index (κ3) is 7.74. The zero-order valence-corrected chi connectivity index (χ0v) is 33.6. The SMILES string of the molecule is CC1(Oc2ccc3[nH]nc(-c4cc(N5CCN(CC6CCC(OC7CCN(c8ccc9c(c8F)CN(C8CCC(=O)NC8=O)C9=O)CC7)CC6)CC5)ncn4)c3c2)CC1. The number of aromatic nitrogens is 4. The second kappa shape index (κ2) is 15.5. The number of nitrogens with one attached hydrogen (secondary N) is 2. The highest BCUT2D eigenvalue weighted by molar-refractivity contribution is 6.05. The molecule has 5 fully saturated rings. The zero-order valence-electron chi connectivity index (χ0n) is 33.6. The fourth-order valence-corrected chi connectivity index (χ4v) is 9.78. The summed E-state index contributed by atoms with van der Waals surface area (Å²) in [5.74, 6) is 0.866. The Kier molecular flexibility index (Phi) is 9.98. The van der Waals surface area contributed by atoms with Crippen molar-refractivity contribution in [3.8, 4) is 17.1 Å². The molecular weight excluding hydrogens is 754 g/mol. The molecule has 10 rings (SSSR count). The molecule has 2 aromatic heterocycles. The first-order chi connectivity index (χ1) is 28.7. The number of benzene rings is 2. The second-order valence-corrected chi connectivity index (χ2v) is 17.7. The van der Waals surface area contributed by atoms with Crippen LogP contribution in [-0.4, -0.2) is 117 Å². The van der Waals surface area contributed by atoms with Crippen LogP contribution in [-0.2, 0) is 20.9 Å². The van der Waals surface area contributed by atoms with Crippen molar-refractivity contribution in [3.05, 3.63) is 59.7 Å². The summed E-state index contributed by atoms with van der Waals surface area (Å²) in [6, 6.07) is 10.8. The Morgan fingerprint density at radius 3 is 2.41 bits per heavy atom. The maximum atomic E-state index is 15.9. The van der Waals surface area contributed by atoms with Crippen LogP contribution < -0.4 is 19.9 Å². The van der Waals surface area contributed by atoms with E-state index in [-0.39, 0.29) is 49.0 Å². The summed E-state index contributed by atoms with van der Waals surface area (Å²) in [7, 11) is 0. The minimum Gasteiger partial charge on any atom is -0.488 e. The van der Waals surface area contributed by atoms with Crippen molar-refractivity contribution in [1.29, 1.82) is 0 Å². The van der Waals surface area contributed by atoms with Crippen LogP contribution in [0.15, 0.2) is 42.7 Å². The van der Waals surface area contributed by atoms with Gasteiger partial charge in [-0.15, -0.1) is 0 Å². The van der Waals surface area contributed by atoms with E-state index in [4.69, 9.17) is 9.47 Å². The average Bonchev–Trinajstić information content (AvgIpc) is 3.66. The lowest BCUT2D eigenvalue weighted by atomic mass is 9.86. The van der Waals surface area contributed by atoms with Crippen molar-refractivity contribution in [1.82, 2.24) is 35.3 Å². The van der Waals surface area contributed by atoms with Crippen molar-refractivity contribution in [2.45, 2.75) is 102 Å². The van der Waals surface area contributed by atoms with Crippen molar-refractivity contribution in [2.24, 2.45) is 5.92 Å². The first-order valence-corrected chi connectivity index (χ1v) is 21.5. The number of piperidine rings is 2. The molecule has 0 bridgehead atoms. The second-order valence-electron chi connectivity index (χ2n) is 17.7. The van der Waals surface area contributed by atoms with Gasteiger partial charge in [0.15, 0.2) is 5.82 Å². The smallest absolute Gasteiger partial charge is 0.255 e. The third-order valence-electron chi connectivity index (χ3n) is 13.6. The van der Waals surface area contributed by atoms with Gasteiger partial charge in [0.25, 0.3) is 5.91 Å². The number of rotatable bonds is 10. The Hall–Kier alpha value is -5.15. The normalized spacial score (nSPS) is 25.1. The van der Waals surface area contributed by atoms with Crippen molar-refractivity contribution < 1.29 is 28.2 Å². The first-order valence-electron chi connectivity index (χ1n) is 21.5. The van der Waals surface area contributed by atoms with Crippen LogP contribution in [0, 0.1) is 11.7 Å². The van der Waals surface area contributed by atoms with Crippen LogP contribution in [0.4, 0.5) is 15.9 Å². The number of amides is 3. The quantitative estimate of drug-likeness (QED) is 0.204. The maximum absolute atomic E-state index is 15.9. The number of carbonyl (C=O) groups excluding carboxylic acids is 3. The van der Waals surface area contributed by atoms with Gasteiger partial charge in [-0.2, -0.15) is 5.10 Å². The minimum absolute atomic E-state index is 0.0326. The standard InChI is InChI=1S/C44H52FN9O5/c1-44(14-15-44)59-30-6-8-34-32(22-30)41(50-49-34)35-23-38(47-26-46-35)53-20-18-51(19-21-53)24-27-2-4-28(5-3-27)58-29-12-16-52(17-13-29)36-9-7-31-33(40(36)45)25-54(43(31)57)37-10-11-39(55)48-42(37)56/h6-9,22-23,26-29,37H,2-5,10-21,24-25H2,1H3,(H,49,50)(H,48,55,56). The van der Waals surface area contributed by atoms with E-state index < -0.39 is 17.8 Å². The molecule has 1 unspecified atom stereocenters. The van der Waals surface area contributed by atoms with E-state index in [0.29, 0.717) is 35.8 Å². The summed E-state index contributed by atoms with van der Waals surface area (Å²) in [5.41, 5.74) is 3.64. The number of hydrogen-bond acceptors (Lipinski definition) is 11. The molecule has 4 aromatic rings. The van der Waals surface area contributed by atoms with Gasteiger partial charge in [-0.25, -0.2) is 14.4 Å². The van der Waals surface area contributed by atoms with Gasteiger partial charge in [0.1, 0.15) is 35.2 Å². The topological polar surface area (TPSA) is 149 Å². The molecule has 2 aliphatic carbocycles. The van der Waals surface area contributed by atoms with Gasteiger partial charge in [0.2, 0.25) is 11.8 Å². The summed E-state index contributed by atoms with van der Waals surface area (Å²) in [4.78, 5) is 54.9. The van der Waals surface area contributed by atoms with E-state index in [0.717, 1.165) is 118 Å². The molecule has 0 spiro atoms. The van der Waals surface area contributed by atoms with Crippen LogP contribution in [0.2, 0.25) is 0 Å². The summed E-state index contributed by atoms with van der Waals surface area (Å²) in [5, 5.41) is 11.1. The fourth-order valence-electron chi connectivity index (χ4n) is 9.78. The van der Waals surface area contributed by atoms with Crippen LogP contribution >= 0.6 is 0 Å². The molecule has 2 aromatic carbocycles. The largest absolute Gasteiger partial charge is 0.488 e. The van der Waals surface area contributed by atoms with Gasteiger partial charge in [0, 0.05) is 74.8 Å². The van der Waals surface area contributed by atoms with Gasteiger partial charge in [-0.05, 0) is 101 Å². The number of nitrogens with zero attached hydrogens (tertiary/aromatic N) is 7. The van der Waals surface area contributed by atoms with E-state index in [2.05, 4.69) is 59.2 Å². The van der Waals surface area contributed by atoms with Crippen molar-refractivity contribution in [2.75, 3.05) is 55.6 Å². The molecule has 2 saturated carbocycles. The Morgan fingerprint density at radius 1 is 0.864 bits per heavy atom. The molecule has 310 valence electrons. The number of fused-ring (bicyclic) bond motifs is 2. The number of halogens is 1. The Morgan fingerprint density at radius 2 is 1.64 bits per heavy atom. The molecule has 6 heterocycles. The van der Waals surface area contributed by atoms with Crippen molar-refractivity contribution in [3.63, 3.8) is 0 Å². The number of piperazine rings is 1. The molecule has 6 aliphatic rings. The summed E-state index contributed by atoms with van der Waals surface area (Å²) in [6.45, 7) is 8.48. The number of anilines is 2. The molecular formula is C44H52FN9O5. The highest BCUT2D eigenvalue weighted by atomic mass is 19.1. The monoisotopic (exact) mass is 805 g/mol. The van der Waals surface area contributed by atoms with Gasteiger partial charge in [-0.1, -0.05) is 0 Å². The van der Waals surface area contributed by atoms with Gasteiger partial charge in [0.05, 0.1) is 35.7 Å². The van der Waals surface area contributed by atoms with E-state index >= 15 is 4.39 Å². The molecule has 0 radical (unpaired) electrons. The Labute approximate surface area is 342 Å². The molecule has 15 heteroatoms. The van der Waals surface area contributed by atoms with E-state index in [9.17, 15) is 14.4 Å². The van der Waals surface area contributed by atoms with Gasteiger partial charge < -0.3 is 24.2 Å². The molecule has 3 amide bonds. The van der Waals surface area contributed by atoms with E-state index in [1.807, 2.05) is 12.1 Å². The van der Waals surface area contributed by atoms with Crippen LogP contribution in [0.25, 0.3) is 22.3 Å². The molecule has 4 aliphatic heterocycles. The zero-order chi connectivity index (χ0) is 40.3. The Bertz CT molecular complexity index is 2260. The first kappa shape index (κ1) is 38.1. The number of ether oxygens (including phenoxy) is 2.